The van der Waals surface area contributed by atoms with Gasteiger partial charge in [-0.15, -0.1) is 0 Å². The van der Waals surface area contributed by atoms with E-state index in [0.717, 1.165) is 30.5 Å². The number of esters is 1. The maximum Gasteiger partial charge on any atom is 0.310 e. The summed E-state index contributed by atoms with van der Waals surface area (Å²) in [6.07, 6.45) is 4.29. The molecule has 8 nitrogen and oxygen atoms in total. The van der Waals surface area contributed by atoms with Crippen molar-refractivity contribution in [1.82, 2.24) is 14.4 Å². The number of rotatable bonds is 10. The summed E-state index contributed by atoms with van der Waals surface area (Å²) in [5.41, 5.74) is 2.78. The van der Waals surface area contributed by atoms with E-state index in [1.54, 1.807) is 17.9 Å². The minimum Gasteiger partial charge on any atom is -0.466 e. The molecule has 1 unspecified atom stereocenters. The van der Waals surface area contributed by atoms with Crippen LogP contribution in [0.1, 0.15) is 71.0 Å². The highest BCUT2D eigenvalue weighted by Crippen LogP contribution is 2.22. The molecule has 1 atom stereocenters. The molecule has 38 heavy (non-hydrogen) atoms. The minimum absolute atomic E-state index is 0.00753. The zero-order chi connectivity index (χ0) is 27.1. The average Bonchev–Trinajstić information content (AvgIpc) is 3.58. The van der Waals surface area contributed by atoms with E-state index in [4.69, 9.17) is 9.15 Å². The van der Waals surface area contributed by atoms with Crippen molar-refractivity contribution in [2.24, 2.45) is 5.92 Å². The third-order valence-electron chi connectivity index (χ3n) is 6.88. The van der Waals surface area contributed by atoms with Crippen LogP contribution in [0, 0.1) is 12.8 Å². The number of aryl methyl sites for hydroxylation is 1. The van der Waals surface area contributed by atoms with Crippen molar-refractivity contribution in [3.63, 3.8) is 0 Å². The lowest BCUT2D eigenvalue weighted by atomic mass is 9.98. The van der Waals surface area contributed by atoms with Gasteiger partial charge >= 0.3 is 5.97 Å². The van der Waals surface area contributed by atoms with E-state index >= 15 is 0 Å². The fraction of sp³-hybridized carbons (Fsp3) is 0.433. The van der Waals surface area contributed by atoms with Gasteiger partial charge < -0.3 is 23.5 Å². The third-order valence-corrected chi connectivity index (χ3v) is 6.88. The summed E-state index contributed by atoms with van der Waals surface area (Å²) in [6, 6.07) is 15.1. The maximum atomic E-state index is 13.2. The van der Waals surface area contributed by atoms with Crippen molar-refractivity contribution in [3.05, 3.63) is 83.1 Å². The predicted molar refractivity (Wildman–Crippen MR) is 144 cm³/mol. The number of aromatic nitrogens is 1. The first-order valence-corrected chi connectivity index (χ1v) is 13.4. The number of hydrogen-bond acceptors (Lipinski definition) is 5. The summed E-state index contributed by atoms with van der Waals surface area (Å²) in [5, 5.41) is 0. The topological polar surface area (TPSA) is 85.0 Å². The first-order valence-electron chi connectivity index (χ1n) is 13.4. The van der Waals surface area contributed by atoms with Gasteiger partial charge in [0.1, 0.15) is 5.76 Å². The Balaban J connectivity index is 1.42. The number of carbonyl (C=O) groups excluding carboxylic acids is 3. The van der Waals surface area contributed by atoms with Gasteiger partial charge in [0, 0.05) is 37.1 Å². The van der Waals surface area contributed by atoms with Crippen LogP contribution in [-0.4, -0.2) is 58.4 Å². The number of amides is 2. The van der Waals surface area contributed by atoms with Crippen LogP contribution in [0.25, 0.3) is 0 Å². The molecule has 0 bridgehead atoms. The third kappa shape index (κ3) is 6.54. The Hall–Kier alpha value is -3.81. The highest BCUT2D eigenvalue weighted by atomic mass is 16.5. The maximum absolute atomic E-state index is 13.2. The van der Waals surface area contributed by atoms with E-state index in [2.05, 4.69) is 6.92 Å². The molecule has 0 saturated carbocycles. The Morgan fingerprint density at radius 1 is 1.08 bits per heavy atom. The molecule has 0 N–H and O–H groups in total. The van der Waals surface area contributed by atoms with Crippen LogP contribution in [0.15, 0.2) is 59.1 Å². The van der Waals surface area contributed by atoms with E-state index in [1.165, 1.54) is 0 Å². The summed E-state index contributed by atoms with van der Waals surface area (Å²) >= 11 is 0. The second-order valence-electron chi connectivity index (χ2n) is 9.83. The van der Waals surface area contributed by atoms with E-state index in [0.29, 0.717) is 50.7 Å². The van der Waals surface area contributed by atoms with Crippen LogP contribution in [0.3, 0.4) is 0 Å². The van der Waals surface area contributed by atoms with Gasteiger partial charge in [-0.05, 0) is 69.5 Å². The minimum atomic E-state index is -0.293. The van der Waals surface area contributed by atoms with Crippen molar-refractivity contribution in [2.75, 3.05) is 26.2 Å². The van der Waals surface area contributed by atoms with Crippen molar-refractivity contribution >= 4 is 17.8 Å². The second-order valence-corrected chi connectivity index (χ2v) is 9.83. The van der Waals surface area contributed by atoms with E-state index in [9.17, 15) is 14.4 Å². The van der Waals surface area contributed by atoms with Gasteiger partial charge in [0.25, 0.3) is 11.8 Å². The molecule has 4 rings (SSSR count). The highest BCUT2D eigenvalue weighted by molar-refractivity contribution is 5.94. The molecule has 1 aromatic carbocycles. The van der Waals surface area contributed by atoms with Gasteiger partial charge in [-0.2, -0.15) is 0 Å². The first kappa shape index (κ1) is 27.2. The number of nitrogens with zero attached hydrogens (tertiary/aromatic N) is 3. The van der Waals surface area contributed by atoms with Crippen LogP contribution in [0.2, 0.25) is 0 Å². The number of hydrogen-bond donors (Lipinski definition) is 0. The molecule has 2 aromatic heterocycles. The van der Waals surface area contributed by atoms with Crippen LogP contribution >= 0.6 is 0 Å². The first-order chi connectivity index (χ1) is 18.4. The number of carbonyl (C=O) groups is 3. The predicted octanol–water partition coefficient (Wildman–Crippen LogP) is 4.91. The summed E-state index contributed by atoms with van der Waals surface area (Å²) in [5.74, 6) is 0.169. The van der Waals surface area contributed by atoms with Gasteiger partial charge in [-0.1, -0.05) is 24.6 Å². The molecule has 8 heteroatoms. The monoisotopic (exact) mass is 519 g/mol. The number of likely N-dealkylation sites (tertiary alicyclic amines) is 1. The van der Waals surface area contributed by atoms with Gasteiger partial charge in [-0.25, -0.2) is 0 Å². The molecule has 2 amide bonds. The second kappa shape index (κ2) is 12.6. The lowest BCUT2D eigenvalue weighted by Gasteiger charge is -2.30. The van der Waals surface area contributed by atoms with Crippen molar-refractivity contribution in [1.29, 1.82) is 0 Å². The molecular formula is C30H37N3O5. The molecule has 0 aliphatic carbocycles. The average molecular weight is 520 g/mol. The largest absolute Gasteiger partial charge is 0.466 e. The summed E-state index contributed by atoms with van der Waals surface area (Å²) in [7, 11) is 0. The number of piperidine rings is 1. The van der Waals surface area contributed by atoms with Crippen LogP contribution < -0.4 is 0 Å². The fourth-order valence-corrected chi connectivity index (χ4v) is 4.86. The molecule has 1 aliphatic rings. The lowest BCUT2D eigenvalue weighted by molar-refractivity contribution is -0.149. The Labute approximate surface area is 224 Å². The van der Waals surface area contributed by atoms with Gasteiger partial charge in [-0.3, -0.25) is 14.4 Å². The van der Waals surface area contributed by atoms with Crippen LogP contribution in [-0.2, 0) is 22.6 Å². The molecule has 1 fully saturated rings. The Morgan fingerprint density at radius 2 is 1.87 bits per heavy atom. The number of benzene rings is 1. The summed E-state index contributed by atoms with van der Waals surface area (Å²) in [6.45, 7) is 8.70. The quantitative estimate of drug-likeness (QED) is 0.356. The Kier molecular flexibility index (Phi) is 9.05. The van der Waals surface area contributed by atoms with E-state index in [1.807, 2.05) is 65.1 Å². The molecule has 1 aliphatic heterocycles. The summed E-state index contributed by atoms with van der Waals surface area (Å²) < 4.78 is 13.1. The van der Waals surface area contributed by atoms with Crippen molar-refractivity contribution in [3.8, 4) is 0 Å². The molecule has 1 saturated heterocycles. The standard InChI is InChI=1S/C30H37N3O5/c1-4-16-32(28(34)23-12-10-22(3)11-13-23)20-25-9-7-17-31(25)21-26-14-15-27(38-26)29(35)33-18-6-8-24(19-33)30(36)37-5-2/h7,9-15,17,24H,4-6,8,16,18-21H2,1-3H3. The molecule has 0 spiro atoms. The SMILES string of the molecule is CCCN(Cc1cccn1Cc1ccc(C(=O)N2CCCC(C(=O)OCC)C2)o1)C(=O)c1ccc(C)cc1. The zero-order valence-corrected chi connectivity index (χ0v) is 22.5. The molecule has 3 heterocycles. The molecule has 202 valence electrons. The number of ether oxygens (including phenoxy) is 1. The highest BCUT2D eigenvalue weighted by Gasteiger charge is 2.31. The smallest absolute Gasteiger partial charge is 0.310 e. The van der Waals surface area contributed by atoms with E-state index in [-0.39, 0.29) is 29.5 Å². The number of furan rings is 1. The molecule has 0 radical (unpaired) electrons. The van der Waals surface area contributed by atoms with Crippen LogP contribution in [0.4, 0.5) is 0 Å². The molecule has 3 aromatic rings. The lowest BCUT2D eigenvalue weighted by Crippen LogP contribution is -2.42. The van der Waals surface area contributed by atoms with E-state index < -0.39 is 0 Å². The normalized spacial score (nSPS) is 15.3. The Bertz CT molecular complexity index is 1240. The van der Waals surface area contributed by atoms with Crippen molar-refractivity contribution in [2.45, 2.75) is 53.1 Å². The van der Waals surface area contributed by atoms with Crippen molar-refractivity contribution < 1.29 is 23.5 Å². The Morgan fingerprint density at radius 3 is 2.61 bits per heavy atom. The van der Waals surface area contributed by atoms with Crippen LogP contribution in [0.5, 0.6) is 0 Å². The van der Waals surface area contributed by atoms with Gasteiger partial charge in [0.2, 0.25) is 0 Å². The zero-order valence-electron chi connectivity index (χ0n) is 22.5. The fourth-order valence-electron chi connectivity index (χ4n) is 4.86. The summed E-state index contributed by atoms with van der Waals surface area (Å²) in [4.78, 5) is 42.0. The van der Waals surface area contributed by atoms with Gasteiger partial charge in [0.05, 0.1) is 25.6 Å². The molecular weight excluding hydrogens is 482 g/mol. The van der Waals surface area contributed by atoms with Gasteiger partial charge in [0.15, 0.2) is 5.76 Å².